The third kappa shape index (κ3) is 3.63. The number of amides is 3. The number of halogens is 3. The first-order valence-corrected chi connectivity index (χ1v) is 11.4. The lowest BCUT2D eigenvalue weighted by Crippen LogP contribution is -2.52. The van der Waals surface area contributed by atoms with Crippen LogP contribution in [0, 0.1) is 29.5 Å². The smallest absolute Gasteiger partial charge is 0.274 e. The van der Waals surface area contributed by atoms with E-state index in [9.17, 15) is 23.6 Å². The average Bonchev–Trinajstić information content (AvgIpc) is 3.46. The van der Waals surface area contributed by atoms with Crippen LogP contribution in [0.2, 0.25) is 10.0 Å². The van der Waals surface area contributed by atoms with Crippen LogP contribution in [0.5, 0.6) is 0 Å². The molecule has 170 valence electrons. The predicted octanol–water partition coefficient (Wildman–Crippen LogP) is 4.40. The molecular weight excluding hydrogens is 470 g/mol. The fraction of sp³-hybridized carbons (Fsp3) is 0.333. The molecule has 2 aromatic carbocycles. The van der Waals surface area contributed by atoms with E-state index in [0.717, 1.165) is 41.4 Å². The molecule has 3 aliphatic rings. The van der Waals surface area contributed by atoms with Crippen LogP contribution < -0.4 is 0 Å². The van der Waals surface area contributed by atoms with Gasteiger partial charge in [0.05, 0.1) is 22.4 Å². The van der Waals surface area contributed by atoms with Crippen molar-refractivity contribution in [3.8, 4) is 0 Å². The van der Waals surface area contributed by atoms with Gasteiger partial charge in [-0.1, -0.05) is 23.2 Å². The topological polar surface area (TPSA) is 74.8 Å². The van der Waals surface area contributed by atoms with Gasteiger partial charge in [-0.15, -0.1) is 0 Å². The molecule has 9 heteroatoms. The van der Waals surface area contributed by atoms with Crippen molar-refractivity contribution < 1.29 is 23.6 Å². The van der Waals surface area contributed by atoms with Crippen LogP contribution in [-0.4, -0.2) is 40.1 Å². The molecule has 6 nitrogen and oxygen atoms in total. The van der Waals surface area contributed by atoms with E-state index >= 15 is 0 Å². The molecule has 3 fully saturated rings. The Balaban J connectivity index is 1.52. The Labute approximate surface area is 199 Å². The zero-order valence-electron chi connectivity index (χ0n) is 17.3. The van der Waals surface area contributed by atoms with Crippen molar-refractivity contribution in [1.82, 2.24) is 10.0 Å². The first kappa shape index (κ1) is 22.0. The van der Waals surface area contributed by atoms with Gasteiger partial charge in [-0.25, -0.2) is 9.40 Å². The van der Waals surface area contributed by atoms with Gasteiger partial charge in [0.25, 0.3) is 17.7 Å². The third-order valence-corrected chi connectivity index (χ3v) is 7.55. The Bertz CT molecular complexity index is 1160. The highest BCUT2D eigenvalue weighted by Crippen LogP contribution is 2.56. The van der Waals surface area contributed by atoms with Gasteiger partial charge in [0.1, 0.15) is 12.4 Å². The first-order valence-electron chi connectivity index (χ1n) is 10.7. The number of hydrogen-bond acceptors (Lipinski definition) is 4. The molecule has 3 amide bonds. The van der Waals surface area contributed by atoms with E-state index < -0.39 is 47.7 Å². The number of benzene rings is 2. The van der Waals surface area contributed by atoms with Crippen LogP contribution in [-0.2, 0) is 9.59 Å². The fourth-order valence-corrected chi connectivity index (χ4v) is 6.02. The van der Waals surface area contributed by atoms with Crippen LogP contribution in [0.3, 0.4) is 0 Å². The van der Waals surface area contributed by atoms with Crippen LogP contribution in [0.25, 0.3) is 0 Å². The highest BCUT2D eigenvalue weighted by molar-refractivity contribution is 6.36. The summed E-state index contributed by atoms with van der Waals surface area (Å²) in [6.45, 7) is -0.574. The van der Waals surface area contributed by atoms with Gasteiger partial charge >= 0.3 is 0 Å². The Morgan fingerprint density at radius 3 is 2.15 bits per heavy atom. The summed E-state index contributed by atoms with van der Waals surface area (Å²) in [6.07, 6.45) is 2.60. The molecule has 1 saturated heterocycles. The van der Waals surface area contributed by atoms with Crippen LogP contribution >= 0.6 is 23.2 Å². The minimum absolute atomic E-state index is 0.00797. The number of nitrogens with zero attached hydrogens (tertiary/aromatic N) is 2. The molecule has 2 bridgehead atoms. The van der Waals surface area contributed by atoms with Crippen LogP contribution in [0.15, 0.2) is 42.5 Å². The Kier molecular flexibility index (Phi) is 5.49. The van der Waals surface area contributed by atoms with E-state index in [0.29, 0.717) is 5.02 Å². The van der Waals surface area contributed by atoms with E-state index in [-0.39, 0.29) is 28.0 Å². The van der Waals surface area contributed by atoms with Crippen molar-refractivity contribution in [3.05, 3.63) is 69.5 Å². The second kappa shape index (κ2) is 8.22. The Morgan fingerprint density at radius 1 is 0.970 bits per heavy atom. The first-order chi connectivity index (χ1) is 15.8. The Morgan fingerprint density at radius 2 is 1.58 bits per heavy atom. The predicted molar refractivity (Wildman–Crippen MR) is 118 cm³/mol. The Hall–Kier alpha value is -2.77. The van der Waals surface area contributed by atoms with E-state index in [1.165, 1.54) is 30.3 Å². The van der Waals surface area contributed by atoms with Crippen molar-refractivity contribution in [2.24, 2.45) is 23.7 Å². The van der Waals surface area contributed by atoms with Gasteiger partial charge < -0.3 is 0 Å². The number of carbonyl (C=O) groups excluding carboxylic acids is 4. The molecule has 33 heavy (non-hydrogen) atoms. The number of imide groups is 1. The molecule has 0 radical (unpaired) electrons. The maximum absolute atomic E-state index is 13.5. The highest BCUT2D eigenvalue weighted by Gasteiger charge is 2.62. The molecule has 1 heterocycles. The largest absolute Gasteiger partial charge is 0.292 e. The second-order valence-electron chi connectivity index (χ2n) is 8.79. The molecule has 0 N–H and O–H groups in total. The van der Waals surface area contributed by atoms with Gasteiger partial charge in [0, 0.05) is 10.6 Å². The summed E-state index contributed by atoms with van der Waals surface area (Å²) < 4.78 is 13.3. The number of hydrogen-bond donors (Lipinski definition) is 0. The van der Waals surface area contributed by atoms with E-state index in [1.807, 2.05) is 0 Å². The van der Waals surface area contributed by atoms with Crippen LogP contribution in [0.4, 0.5) is 4.39 Å². The van der Waals surface area contributed by atoms with Gasteiger partial charge in [0.2, 0.25) is 0 Å². The summed E-state index contributed by atoms with van der Waals surface area (Å²) in [6, 6.07) is 9.06. The van der Waals surface area contributed by atoms with Crippen molar-refractivity contribution >= 4 is 46.7 Å². The number of carbonyl (C=O) groups is 4. The van der Waals surface area contributed by atoms with E-state index in [4.69, 9.17) is 23.2 Å². The summed E-state index contributed by atoms with van der Waals surface area (Å²) in [7, 11) is 0. The number of Topliss-reactive ketones (excluding diaryl/α,β-unsaturated/α-hetero) is 1. The van der Waals surface area contributed by atoms with Gasteiger partial charge in [-0.2, -0.15) is 5.01 Å². The third-order valence-electron chi connectivity index (χ3n) is 7.00. The summed E-state index contributed by atoms with van der Waals surface area (Å²) in [5.74, 6) is -3.43. The van der Waals surface area contributed by atoms with Gasteiger partial charge in [0.15, 0.2) is 5.78 Å². The molecule has 0 unspecified atom stereocenters. The van der Waals surface area contributed by atoms with Gasteiger partial charge in [-0.3, -0.25) is 19.2 Å². The molecule has 1 aliphatic heterocycles. The second-order valence-corrected chi connectivity index (χ2v) is 9.63. The minimum Gasteiger partial charge on any atom is -0.292 e. The molecular formula is C24H19Cl2FN2O4. The lowest BCUT2D eigenvalue weighted by atomic mass is 9.81. The summed E-state index contributed by atoms with van der Waals surface area (Å²) in [5, 5.41) is 2.06. The van der Waals surface area contributed by atoms with E-state index in [1.54, 1.807) is 0 Å². The fourth-order valence-electron chi connectivity index (χ4n) is 5.53. The monoisotopic (exact) mass is 488 g/mol. The van der Waals surface area contributed by atoms with Gasteiger partial charge in [-0.05, 0) is 73.6 Å². The maximum atomic E-state index is 13.5. The molecule has 5 rings (SSSR count). The number of rotatable bonds is 5. The molecule has 4 atom stereocenters. The lowest BCUT2D eigenvalue weighted by Gasteiger charge is -2.31. The number of ketones is 1. The molecule has 0 aromatic heterocycles. The summed E-state index contributed by atoms with van der Waals surface area (Å²) >= 11 is 12.2. The zero-order chi connectivity index (χ0) is 23.4. The molecule has 0 spiro atoms. The van der Waals surface area contributed by atoms with Crippen LogP contribution in [0.1, 0.15) is 40.0 Å². The van der Waals surface area contributed by atoms with Crippen molar-refractivity contribution in [1.29, 1.82) is 0 Å². The highest BCUT2D eigenvalue weighted by atomic mass is 35.5. The lowest BCUT2D eigenvalue weighted by molar-refractivity contribution is -0.154. The summed E-state index contributed by atoms with van der Waals surface area (Å²) in [5.41, 5.74) is 0.157. The average molecular weight is 489 g/mol. The quantitative estimate of drug-likeness (QED) is 0.461. The van der Waals surface area contributed by atoms with Crippen molar-refractivity contribution in [2.75, 3.05) is 6.54 Å². The molecule has 2 saturated carbocycles. The standard InChI is InChI=1S/C24H19Cl2FN2O4/c25-15-5-8-17(18(26)10-15)22(31)28(11-19(30)12-3-6-16(27)7-4-12)29-23(32)20-13-1-2-14(9-13)21(20)24(29)33/h3-8,10,13-14,20-21H,1-2,9,11H2/t13-,14-,20-,21-/m0/s1. The minimum atomic E-state index is -0.763. The number of hydrazine groups is 1. The SMILES string of the molecule is O=C(CN(C(=O)c1ccc(Cl)cc1Cl)N1C(=O)[C@H]2[C@H]3CC[C@@H](C3)[C@@H]2C1=O)c1ccc(F)cc1. The molecule has 2 aromatic rings. The van der Waals surface area contributed by atoms with Crippen molar-refractivity contribution in [2.45, 2.75) is 19.3 Å². The van der Waals surface area contributed by atoms with E-state index in [2.05, 4.69) is 0 Å². The van der Waals surface area contributed by atoms with Crippen molar-refractivity contribution in [3.63, 3.8) is 0 Å². The zero-order valence-corrected chi connectivity index (χ0v) is 18.9. The number of fused-ring (bicyclic) bond motifs is 5. The normalized spacial score (nSPS) is 25.5. The molecule has 2 aliphatic carbocycles. The summed E-state index contributed by atoms with van der Waals surface area (Å²) in [4.78, 5) is 53.2. The maximum Gasteiger partial charge on any atom is 0.274 e.